The average Bonchev–Trinajstić information content (AvgIpc) is 2.99. The van der Waals surface area contributed by atoms with E-state index in [0.717, 1.165) is 49.8 Å². The van der Waals surface area contributed by atoms with Gasteiger partial charge in [0.15, 0.2) is 5.65 Å². The highest BCUT2D eigenvalue weighted by molar-refractivity contribution is 5.93. The Morgan fingerprint density at radius 1 is 1.17 bits per heavy atom. The average molecular weight is 329 g/mol. The van der Waals surface area contributed by atoms with Gasteiger partial charge in [-0.05, 0) is 19.5 Å². The molecule has 1 amide bonds. The minimum Gasteiger partial charge on any atom is -0.335 e. The van der Waals surface area contributed by atoms with Gasteiger partial charge < -0.3 is 9.80 Å². The van der Waals surface area contributed by atoms with Crippen molar-refractivity contribution in [3.63, 3.8) is 0 Å². The minimum atomic E-state index is -0.0409. The summed E-state index contributed by atoms with van der Waals surface area (Å²) in [5.41, 5.74) is 3.15. The first-order chi connectivity index (χ1) is 11.3. The molecule has 0 saturated carbocycles. The van der Waals surface area contributed by atoms with Gasteiger partial charge in [-0.2, -0.15) is 5.10 Å². The molecule has 2 aromatic rings. The molecule has 1 aliphatic heterocycles. The molecule has 0 bridgehead atoms. The lowest BCUT2D eigenvalue weighted by molar-refractivity contribution is 0.0637. The van der Waals surface area contributed by atoms with Gasteiger partial charge >= 0.3 is 0 Å². The number of fused-ring (bicyclic) bond motifs is 1. The first kappa shape index (κ1) is 16.9. The molecule has 0 unspecified atom stereocenters. The molecule has 1 aliphatic rings. The van der Waals surface area contributed by atoms with Crippen LogP contribution in [0.25, 0.3) is 5.65 Å². The number of carbonyl (C=O) groups excluding carboxylic acids is 1. The topological polar surface area (TPSA) is 53.7 Å². The second-order valence-electron chi connectivity index (χ2n) is 7.56. The van der Waals surface area contributed by atoms with Crippen LogP contribution >= 0.6 is 0 Å². The summed E-state index contributed by atoms with van der Waals surface area (Å²) in [6, 6.07) is 3.83. The predicted molar refractivity (Wildman–Crippen MR) is 94.4 cm³/mol. The van der Waals surface area contributed by atoms with E-state index in [1.54, 1.807) is 0 Å². The summed E-state index contributed by atoms with van der Waals surface area (Å²) >= 11 is 0. The van der Waals surface area contributed by atoms with Crippen molar-refractivity contribution in [1.29, 1.82) is 0 Å². The van der Waals surface area contributed by atoms with Crippen LogP contribution in [0, 0.1) is 6.92 Å². The van der Waals surface area contributed by atoms with E-state index in [0.29, 0.717) is 5.69 Å². The SMILES string of the molecule is CCN1CCN(C(=O)c2cc(C)n3nc(C(C)(C)C)cc3n2)CC1. The van der Waals surface area contributed by atoms with Crippen LogP contribution in [0.1, 0.15) is 49.6 Å². The molecule has 24 heavy (non-hydrogen) atoms. The molecule has 0 radical (unpaired) electrons. The summed E-state index contributed by atoms with van der Waals surface area (Å²) in [5.74, 6) is 0.0230. The van der Waals surface area contributed by atoms with Gasteiger partial charge in [0.2, 0.25) is 0 Å². The molecule has 0 aromatic carbocycles. The van der Waals surface area contributed by atoms with Crippen molar-refractivity contribution in [3.8, 4) is 0 Å². The number of nitrogens with zero attached hydrogens (tertiary/aromatic N) is 5. The number of aromatic nitrogens is 3. The number of amides is 1. The van der Waals surface area contributed by atoms with Crippen molar-refractivity contribution in [2.45, 2.75) is 40.0 Å². The zero-order valence-electron chi connectivity index (χ0n) is 15.3. The number of likely N-dealkylation sites (N-methyl/N-ethyl adjacent to an activating group) is 1. The fraction of sp³-hybridized carbons (Fsp3) is 0.611. The monoisotopic (exact) mass is 329 g/mol. The lowest BCUT2D eigenvalue weighted by Gasteiger charge is -2.33. The van der Waals surface area contributed by atoms with Gasteiger partial charge in [0.25, 0.3) is 5.91 Å². The Balaban J connectivity index is 1.88. The van der Waals surface area contributed by atoms with E-state index in [4.69, 9.17) is 0 Å². The molecule has 0 N–H and O–H groups in total. The number of rotatable bonds is 2. The second kappa shape index (κ2) is 6.16. The third-order valence-electron chi connectivity index (χ3n) is 4.70. The molecule has 6 nitrogen and oxygen atoms in total. The maximum Gasteiger partial charge on any atom is 0.272 e. The first-order valence-electron chi connectivity index (χ1n) is 8.69. The van der Waals surface area contributed by atoms with Crippen molar-refractivity contribution in [1.82, 2.24) is 24.4 Å². The predicted octanol–water partition coefficient (Wildman–Crippen LogP) is 2.11. The number of hydrogen-bond acceptors (Lipinski definition) is 4. The molecule has 1 fully saturated rings. The summed E-state index contributed by atoms with van der Waals surface area (Å²) in [6.07, 6.45) is 0. The first-order valence-corrected chi connectivity index (χ1v) is 8.69. The second-order valence-corrected chi connectivity index (χ2v) is 7.56. The molecule has 2 aromatic heterocycles. The third-order valence-corrected chi connectivity index (χ3v) is 4.70. The largest absolute Gasteiger partial charge is 0.335 e. The van der Waals surface area contributed by atoms with E-state index in [2.05, 4.69) is 42.7 Å². The maximum atomic E-state index is 12.8. The molecule has 0 spiro atoms. The Morgan fingerprint density at radius 3 is 2.42 bits per heavy atom. The maximum absolute atomic E-state index is 12.8. The van der Waals surface area contributed by atoms with E-state index >= 15 is 0 Å². The Bertz CT molecular complexity index is 751. The van der Waals surface area contributed by atoms with Gasteiger partial charge in [0.05, 0.1) is 5.69 Å². The summed E-state index contributed by atoms with van der Waals surface area (Å²) in [5, 5.41) is 4.64. The molecule has 130 valence electrons. The number of hydrogen-bond donors (Lipinski definition) is 0. The Labute approximate surface area is 143 Å². The zero-order chi connectivity index (χ0) is 17.5. The van der Waals surface area contributed by atoms with Crippen molar-refractivity contribution in [3.05, 3.63) is 29.2 Å². The van der Waals surface area contributed by atoms with Gasteiger partial charge in [-0.25, -0.2) is 9.50 Å². The molecule has 3 heterocycles. The molecule has 3 rings (SSSR count). The van der Waals surface area contributed by atoms with Crippen LogP contribution in [0.5, 0.6) is 0 Å². The standard InChI is InChI=1S/C18H27N5O/c1-6-21-7-9-22(10-8-21)17(24)14-11-13(2)23-16(19-14)12-15(20-23)18(3,4)5/h11-12H,6-10H2,1-5H3. The lowest BCUT2D eigenvalue weighted by Crippen LogP contribution is -2.48. The summed E-state index contributed by atoms with van der Waals surface area (Å²) in [7, 11) is 0. The highest BCUT2D eigenvalue weighted by atomic mass is 16.2. The van der Waals surface area contributed by atoms with E-state index in [9.17, 15) is 4.79 Å². The van der Waals surface area contributed by atoms with Crippen LogP contribution in [0.3, 0.4) is 0 Å². The van der Waals surface area contributed by atoms with Gasteiger partial charge in [-0.3, -0.25) is 4.79 Å². The molecule has 6 heteroatoms. The van der Waals surface area contributed by atoms with Crippen molar-refractivity contribution < 1.29 is 4.79 Å². The van der Waals surface area contributed by atoms with Crippen molar-refractivity contribution >= 4 is 11.6 Å². The van der Waals surface area contributed by atoms with Gasteiger partial charge in [0, 0.05) is 43.4 Å². The summed E-state index contributed by atoms with van der Waals surface area (Å²) in [4.78, 5) is 21.7. The van der Waals surface area contributed by atoms with Crippen LogP contribution in [0.15, 0.2) is 12.1 Å². The summed E-state index contributed by atoms with van der Waals surface area (Å²) in [6.45, 7) is 15.0. The van der Waals surface area contributed by atoms with E-state index in [1.807, 2.05) is 28.5 Å². The fourth-order valence-electron chi connectivity index (χ4n) is 3.03. The van der Waals surface area contributed by atoms with Crippen LogP contribution in [0.2, 0.25) is 0 Å². The number of piperazine rings is 1. The van der Waals surface area contributed by atoms with Crippen molar-refractivity contribution in [2.24, 2.45) is 0 Å². The molecule has 1 saturated heterocycles. The smallest absolute Gasteiger partial charge is 0.272 e. The quantitative estimate of drug-likeness (QED) is 0.847. The van der Waals surface area contributed by atoms with E-state index in [-0.39, 0.29) is 11.3 Å². The molecular formula is C18H27N5O. The van der Waals surface area contributed by atoms with Crippen LogP contribution < -0.4 is 0 Å². The van der Waals surface area contributed by atoms with Crippen LogP contribution in [-0.4, -0.2) is 63.0 Å². The highest BCUT2D eigenvalue weighted by Crippen LogP contribution is 2.22. The van der Waals surface area contributed by atoms with E-state index < -0.39 is 0 Å². The number of carbonyl (C=O) groups is 1. The third kappa shape index (κ3) is 3.15. The van der Waals surface area contributed by atoms with Gasteiger partial charge in [0.1, 0.15) is 5.69 Å². The van der Waals surface area contributed by atoms with Crippen LogP contribution in [0.4, 0.5) is 0 Å². The normalized spacial score (nSPS) is 16.8. The van der Waals surface area contributed by atoms with Crippen LogP contribution in [-0.2, 0) is 5.41 Å². The number of aryl methyl sites for hydroxylation is 1. The minimum absolute atomic E-state index is 0.0230. The van der Waals surface area contributed by atoms with E-state index in [1.165, 1.54) is 0 Å². The summed E-state index contributed by atoms with van der Waals surface area (Å²) < 4.78 is 1.83. The lowest BCUT2D eigenvalue weighted by atomic mass is 9.93. The molecule has 0 aliphatic carbocycles. The Morgan fingerprint density at radius 2 is 1.83 bits per heavy atom. The molecule has 0 atom stereocenters. The van der Waals surface area contributed by atoms with Crippen molar-refractivity contribution in [2.75, 3.05) is 32.7 Å². The zero-order valence-corrected chi connectivity index (χ0v) is 15.3. The Kier molecular flexibility index (Phi) is 4.34. The fourth-order valence-corrected chi connectivity index (χ4v) is 3.03. The Hall–Kier alpha value is -1.95. The molecular weight excluding hydrogens is 302 g/mol. The highest BCUT2D eigenvalue weighted by Gasteiger charge is 2.24. The van der Waals surface area contributed by atoms with Gasteiger partial charge in [-0.15, -0.1) is 0 Å². The van der Waals surface area contributed by atoms with Gasteiger partial charge in [-0.1, -0.05) is 27.7 Å².